The standard InChI is InChI=1S/C11H18BrNOS/c1-4-11(2,14)8-13(3)6-9-5-10(12)15-7-9/h5,7,14H,4,6,8H2,1-3H3. The molecule has 1 aromatic rings. The molecule has 1 aromatic heterocycles. The molecule has 1 rings (SSSR count). The zero-order chi connectivity index (χ0) is 11.5. The van der Waals surface area contributed by atoms with Gasteiger partial charge in [0.2, 0.25) is 0 Å². The summed E-state index contributed by atoms with van der Waals surface area (Å²) in [6, 6.07) is 2.13. The van der Waals surface area contributed by atoms with E-state index in [4.69, 9.17) is 0 Å². The smallest absolute Gasteiger partial charge is 0.0743 e. The summed E-state index contributed by atoms with van der Waals surface area (Å²) in [5, 5.41) is 12.1. The van der Waals surface area contributed by atoms with E-state index in [-0.39, 0.29) is 0 Å². The van der Waals surface area contributed by atoms with Gasteiger partial charge in [0, 0.05) is 13.1 Å². The molecule has 0 aromatic carbocycles. The van der Waals surface area contributed by atoms with Gasteiger partial charge >= 0.3 is 0 Å². The number of rotatable bonds is 5. The van der Waals surface area contributed by atoms with E-state index in [2.05, 4.69) is 32.3 Å². The molecule has 0 fully saturated rings. The maximum atomic E-state index is 9.93. The van der Waals surface area contributed by atoms with Crippen LogP contribution in [0.1, 0.15) is 25.8 Å². The summed E-state index contributed by atoms with van der Waals surface area (Å²) in [7, 11) is 2.04. The van der Waals surface area contributed by atoms with Crippen LogP contribution in [0.15, 0.2) is 15.2 Å². The molecule has 1 unspecified atom stereocenters. The molecule has 0 aliphatic heterocycles. The van der Waals surface area contributed by atoms with Crippen LogP contribution in [-0.4, -0.2) is 29.2 Å². The summed E-state index contributed by atoms with van der Waals surface area (Å²) < 4.78 is 1.16. The van der Waals surface area contributed by atoms with Crippen LogP contribution in [0.2, 0.25) is 0 Å². The second kappa shape index (κ2) is 5.43. The lowest BCUT2D eigenvalue weighted by atomic mass is 10.0. The highest BCUT2D eigenvalue weighted by molar-refractivity contribution is 9.11. The molecule has 1 heterocycles. The Hall–Kier alpha value is 0.100. The Kier molecular flexibility index (Phi) is 4.77. The van der Waals surface area contributed by atoms with Gasteiger partial charge in [0.15, 0.2) is 0 Å². The fourth-order valence-electron chi connectivity index (χ4n) is 1.49. The van der Waals surface area contributed by atoms with Gasteiger partial charge in [0.1, 0.15) is 0 Å². The number of thiophene rings is 1. The van der Waals surface area contributed by atoms with E-state index in [9.17, 15) is 5.11 Å². The normalized spacial score (nSPS) is 15.6. The van der Waals surface area contributed by atoms with Crippen LogP contribution in [0, 0.1) is 0 Å². The third kappa shape index (κ3) is 4.64. The maximum Gasteiger partial charge on any atom is 0.0743 e. The summed E-state index contributed by atoms with van der Waals surface area (Å²) in [5.41, 5.74) is 0.712. The van der Waals surface area contributed by atoms with Crippen LogP contribution in [0.25, 0.3) is 0 Å². The Bertz CT molecular complexity index is 311. The van der Waals surface area contributed by atoms with Gasteiger partial charge in [-0.25, -0.2) is 0 Å². The van der Waals surface area contributed by atoms with Gasteiger partial charge in [-0.3, -0.25) is 4.90 Å². The molecular formula is C11H18BrNOS. The zero-order valence-corrected chi connectivity index (χ0v) is 11.9. The Morgan fingerprint density at radius 3 is 2.73 bits per heavy atom. The first kappa shape index (κ1) is 13.2. The van der Waals surface area contributed by atoms with Gasteiger partial charge in [0.05, 0.1) is 9.39 Å². The van der Waals surface area contributed by atoms with Gasteiger partial charge < -0.3 is 5.11 Å². The fraction of sp³-hybridized carbons (Fsp3) is 0.636. The monoisotopic (exact) mass is 291 g/mol. The molecule has 4 heteroatoms. The van der Waals surface area contributed by atoms with Crippen molar-refractivity contribution in [2.45, 2.75) is 32.4 Å². The minimum atomic E-state index is -0.581. The van der Waals surface area contributed by atoms with Crippen molar-refractivity contribution in [1.82, 2.24) is 4.90 Å². The van der Waals surface area contributed by atoms with E-state index < -0.39 is 5.60 Å². The van der Waals surface area contributed by atoms with Crippen LogP contribution in [0.3, 0.4) is 0 Å². The molecule has 1 atom stereocenters. The Labute approximate surface area is 104 Å². The molecule has 0 radical (unpaired) electrons. The van der Waals surface area contributed by atoms with Crippen LogP contribution in [0.4, 0.5) is 0 Å². The molecule has 0 aliphatic carbocycles. The van der Waals surface area contributed by atoms with Crippen LogP contribution in [0.5, 0.6) is 0 Å². The van der Waals surface area contributed by atoms with E-state index in [0.29, 0.717) is 6.54 Å². The molecule has 0 amide bonds. The Morgan fingerprint density at radius 2 is 2.27 bits per heavy atom. The molecule has 86 valence electrons. The molecule has 0 aliphatic rings. The summed E-state index contributed by atoms with van der Waals surface area (Å²) in [4.78, 5) is 2.15. The highest BCUT2D eigenvalue weighted by atomic mass is 79.9. The fourth-order valence-corrected chi connectivity index (χ4v) is 2.69. The number of hydrogen-bond acceptors (Lipinski definition) is 3. The summed E-state index contributed by atoms with van der Waals surface area (Å²) in [5.74, 6) is 0. The van der Waals surface area contributed by atoms with E-state index in [1.807, 2.05) is 20.9 Å². The molecule has 2 nitrogen and oxygen atoms in total. The van der Waals surface area contributed by atoms with Crippen molar-refractivity contribution in [3.63, 3.8) is 0 Å². The Balaban J connectivity index is 2.46. The lowest BCUT2D eigenvalue weighted by Gasteiger charge is -2.27. The topological polar surface area (TPSA) is 23.5 Å². The van der Waals surface area contributed by atoms with Crippen LogP contribution in [-0.2, 0) is 6.54 Å². The number of hydrogen-bond donors (Lipinski definition) is 1. The summed E-state index contributed by atoms with van der Waals surface area (Å²) in [6.07, 6.45) is 0.782. The largest absolute Gasteiger partial charge is 0.389 e. The SMILES string of the molecule is CCC(C)(O)CN(C)Cc1csc(Br)c1. The van der Waals surface area contributed by atoms with E-state index in [1.54, 1.807) is 11.3 Å². The lowest BCUT2D eigenvalue weighted by Crippen LogP contribution is -2.37. The quantitative estimate of drug-likeness (QED) is 0.901. The van der Waals surface area contributed by atoms with Gasteiger partial charge in [-0.1, -0.05) is 6.92 Å². The Morgan fingerprint density at radius 1 is 1.60 bits per heavy atom. The van der Waals surface area contributed by atoms with Crippen molar-refractivity contribution in [3.8, 4) is 0 Å². The highest BCUT2D eigenvalue weighted by Crippen LogP contribution is 2.22. The number of halogens is 1. The predicted octanol–water partition coefficient (Wildman–Crippen LogP) is 3.10. The molecule has 0 bridgehead atoms. The molecule has 15 heavy (non-hydrogen) atoms. The van der Waals surface area contributed by atoms with Crippen LogP contribution < -0.4 is 0 Å². The third-order valence-electron chi connectivity index (χ3n) is 2.45. The van der Waals surface area contributed by atoms with Crippen molar-refractivity contribution in [3.05, 3.63) is 20.8 Å². The van der Waals surface area contributed by atoms with E-state index in [1.165, 1.54) is 5.56 Å². The summed E-state index contributed by atoms with van der Waals surface area (Å²) in [6.45, 7) is 5.48. The molecule has 0 spiro atoms. The molecular weight excluding hydrogens is 274 g/mol. The minimum Gasteiger partial charge on any atom is -0.389 e. The van der Waals surface area contributed by atoms with E-state index in [0.717, 1.165) is 16.8 Å². The van der Waals surface area contributed by atoms with Crippen molar-refractivity contribution in [2.75, 3.05) is 13.6 Å². The van der Waals surface area contributed by atoms with Gasteiger partial charge in [-0.15, -0.1) is 11.3 Å². The highest BCUT2D eigenvalue weighted by Gasteiger charge is 2.19. The zero-order valence-electron chi connectivity index (χ0n) is 9.46. The lowest BCUT2D eigenvalue weighted by molar-refractivity contribution is 0.0218. The minimum absolute atomic E-state index is 0.581. The second-order valence-corrected chi connectivity index (χ2v) is 6.57. The van der Waals surface area contributed by atoms with Gasteiger partial charge in [0.25, 0.3) is 0 Å². The number of likely N-dealkylation sites (N-methyl/N-ethyl adjacent to an activating group) is 1. The number of aliphatic hydroxyl groups is 1. The van der Waals surface area contributed by atoms with Crippen molar-refractivity contribution >= 4 is 27.3 Å². The third-order valence-corrected chi connectivity index (χ3v) is 4.00. The molecule has 0 saturated heterocycles. The van der Waals surface area contributed by atoms with Crippen molar-refractivity contribution in [1.29, 1.82) is 0 Å². The average Bonchev–Trinajstić information content (AvgIpc) is 2.50. The maximum absolute atomic E-state index is 9.93. The summed E-state index contributed by atoms with van der Waals surface area (Å²) >= 11 is 5.15. The first-order valence-electron chi connectivity index (χ1n) is 5.07. The molecule has 1 N–H and O–H groups in total. The van der Waals surface area contributed by atoms with Crippen LogP contribution >= 0.6 is 27.3 Å². The first-order chi connectivity index (χ1) is 6.93. The van der Waals surface area contributed by atoms with Crippen molar-refractivity contribution in [2.24, 2.45) is 0 Å². The van der Waals surface area contributed by atoms with E-state index >= 15 is 0 Å². The first-order valence-corrected chi connectivity index (χ1v) is 6.74. The average molecular weight is 292 g/mol. The predicted molar refractivity (Wildman–Crippen MR) is 69.3 cm³/mol. The van der Waals surface area contributed by atoms with Crippen molar-refractivity contribution < 1.29 is 5.11 Å². The van der Waals surface area contributed by atoms with Gasteiger partial charge in [-0.05, 0) is 53.3 Å². The molecule has 0 saturated carbocycles. The number of nitrogens with zero attached hydrogens (tertiary/aromatic N) is 1. The van der Waals surface area contributed by atoms with Gasteiger partial charge in [-0.2, -0.15) is 0 Å². The second-order valence-electron chi connectivity index (χ2n) is 4.28.